The fourth-order valence-corrected chi connectivity index (χ4v) is 3.10. The zero-order valence-electron chi connectivity index (χ0n) is 11.6. The van der Waals surface area contributed by atoms with Gasteiger partial charge in [-0.25, -0.2) is 14.6 Å². The molecule has 3 aromatic rings. The Morgan fingerprint density at radius 3 is 2.76 bits per heavy atom. The maximum atomic E-state index is 4.61. The first-order valence-electron chi connectivity index (χ1n) is 6.42. The molecule has 3 rings (SSSR count). The van der Waals surface area contributed by atoms with Gasteiger partial charge in [0.25, 0.3) is 0 Å². The number of hydrogen-bond acceptors (Lipinski definition) is 5. The van der Waals surface area contributed by atoms with Crippen LogP contribution in [0.3, 0.4) is 0 Å². The highest BCUT2D eigenvalue weighted by molar-refractivity contribution is 7.99. The predicted molar refractivity (Wildman–Crippen MR) is 89.4 cm³/mol. The van der Waals surface area contributed by atoms with Crippen molar-refractivity contribution in [2.75, 3.05) is 12.0 Å². The first-order chi connectivity index (χ1) is 10.3. The second kappa shape index (κ2) is 6.32. The molecule has 0 unspecified atom stereocenters. The minimum atomic E-state index is 0.756. The summed E-state index contributed by atoms with van der Waals surface area (Å²) in [6.45, 7) is 3.76. The third kappa shape index (κ3) is 2.82. The van der Waals surface area contributed by atoms with Crippen LogP contribution in [-0.4, -0.2) is 31.8 Å². The minimum absolute atomic E-state index is 0.756. The summed E-state index contributed by atoms with van der Waals surface area (Å²) in [5.41, 5.74) is 1.84. The molecule has 0 spiro atoms. The van der Waals surface area contributed by atoms with E-state index in [-0.39, 0.29) is 0 Å². The normalized spacial score (nSPS) is 10.9. The van der Waals surface area contributed by atoms with Crippen molar-refractivity contribution in [1.82, 2.24) is 19.7 Å². The molecule has 106 valence electrons. The first kappa shape index (κ1) is 14.2. The molecule has 0 aliphatic rings. The molecule has 0 saturated carbocycles. The van der Waals surface area contributed by atoms with Gasteiger partial charge in [-0.3, -0.25) is 0 Å². The zero-order valence-corrected chi connectivity index (χ0v) is 13.2. The Bertz CT molecular complexity index is 768. The van der Waals surface area contributed by atoms with Gasteiger partial charge in [0, 0.05) is 5.75 Å². The van der Waals surface area contributed by atoms with E-state index in [1.165, 1.54) is 11.8 Å². The molecule has 2 heterocycles. The van der Waals surface area contributed by atoms with Crippen molar-refractivity contribution in [1.29, 1.82) is 0 Å². The molecule has 6 heteroatoms. The molecule has 0 aliphatic carbocycles. The van der Waals surface area contributed by atoms with Crippen molar-refractivity contribution < 1.29 is 0 Å². The van der Waals surface area contributed by atoms with E-state index in [1.807, 2.05) is 53.5 Å². The second-order valence-corrected chi connectivity index (χ2v) is 6.03. The number of aromatic nitrogens is 4. The van der Waals surface area contributed by atoms with Crippen LogP contribution < -0.4 is 0 Å². The SMILES string of the molecule is C=CCSc1nc(SC)nc2c1cnn2-c1ccccc1. The summed E-state index contributed by atoms with van der Waals surface area (Å²) in [7, 11) is 0. The third-order valence-electron chi connectivity index (χ3n) is 2.89. The molecule has 0 N–H and O–H groups in total. The van der Waals surface area contributed by atoms with E-state index < -0.39 is 0 Å². The van der Waals surface area contributed by atoms with Crippen LogP contribution in [0.4, 0.5) is 0 Å². The van der Waals surface area contributed by atoms with Crippen LogP contribution in [-0.2, 0) is 0 Å². The Kier molecular flexibility index (Phi) is 4.26. The van der Waals surface area contributed by atoms with Crippen molar-refractivity contribution in [2.45, 2.75) is 10.2 Å². The van der Waals surface area contributed by atoms with E-state index in [2.05, 4.69) is 21.6 Å². The van der Waals surface area contributed by atoms with Crippen molar-refractivity contribution in [3.05, 3.63) is 49.2 Å². The van der Waals surface area contributed by atoms with Gasteiger partial charge in [-0.15, -0.1) is 18.3 Å². The summed E-state index contributed by atoms with van der Waals surface area (Å²) >= 11 is 3.19. The molecule has 0 amide bonds. The molecule has 0 bridgehead atoms. The van der Waals surface area contributed by atoms with E-state index >= 15 is 0 Å². The first-order valence-corrected chi connectivity index (χ1v) is 8.63. The lowest BCUT2D eigenvalue weighted by Crippen LogP contribution is -1.99. The maximum Gasteiger partial charge on any atom is 0.190 e. The Balaban J connectivity index is 2.18. The smallest absolute Gasteiger partial charge is 0.190 e. The van der Waals surface area contributed by atoms with Crippen LogP contribution >= 0.6 is 23.5 Å². The van der Waals surface area contributed by atoms with Crippen molar-refractivity contribution in [2.24, 2.45) is 0 Å². The fourth-order valence-electron chi connectivity index (χ4n) is 1.96. The largest absolute Gasteiger partial charge is 0.215 e. The summed E-state index contributed by atoms with van der Waals surface area (Å²) < 4.78 is 1.86. The van der Waals surface area contributed by atoms with E-state index in [4.69, 9.17) is 0 Å². The van der Waals surface area contributed by atoms with Crippen molar-refractivity contribution >= 4 is 34.6 Å². The summed E-state index contributed by atoms with van der Waals surface area (Å²) in [6, 6.07) is 10.0. The molecular formula is C15H14N4S2. The lowest BCUT2D eigenvalue weighted by atomic mass is 10.3. The third-order valence-corrected chi connectivity index (χ3v) is 4.43. The lowest BCUT2D eigenvalue weighted by Gasteiger charge is -2.05. The van der Waals surface area contributed by atoms with Crippen molar-refractivity contribution in [3.8, 4) is 5.69 Å². The molecular weight excluding hydrogens is 300 g/mol. The summed E-state index contributed by atoms with van der Waals surface area (Å²) in [5, 5.41) is 7.16. The van der Waals surface area contributed by atoms with Gasteiger partial charge in [-0.1, -0.05) is 36.0 Å². The monoisotopic (exact) mass is 314 g/mol. The van der Waals surface area contributed by atoms with Crippen molar-refractivity contribution in [3.63, 3.8) is 0 Å². The Morgan fingerprint density at radius 2 is 2.05 bits per heavy atom. The summed E-state index contributed by atoms with van der Waals surface area (Å²) in [6.07, 6.45) is 5.68. The van der Waals surface area contributed by atoms with Crippen LogP contribution in [0, 0.1) is 0 Å². The van der Waals surface area contributed by atoms with E-state index in [0.717, 1.165) is 32.7 Å². The van der Waals surface area contributed by atoms with Crippen LogP contribution in [0.5, 0.6) is 0 Å². The molecule has 21 heavy (non-hydrogen) atoms. The van der Waals surface area contributed by atoms with Gasteiger partial charge in [0.05, 0.1) is 17.3 Å². The second-order valence-electron chi connectivity index (χ2n) is 4.24. The highest BCUT2D eigenvalue weighted by Gasteiger charge is 2.13. The van der Waals surface area contributed by atoms with Gasteiger partial charge in [0.2, 0.25) is 0 Å². The Hall–Kier alpha value is -1.79. The Labute approximate surface area is 131 Å². The van der Waals surface area contributed by atoms with Gasteiger partial charge >= 0.3 is 0 Å². The highest BCUT2D eigenvalue weighted by atomic mass is 32.2. The van der Waals surface area contributed by atoms with Crippen LogP contribution in [0.1, 0.15) is 0 Å². The van der Waals surface area contributed by atoms with Gasteiger partial charge in [0.15, 0.2) is 10.8 Å². The summed E-state index contributed by atoms with van der Waals surface area (Å²) in [5.74, 6) is 0.816. The minimum Gasteiger partial charge on any atom is -0.215 e. The van der Waals surface area contributed by atoms with Gasteiger partial charge in [-0.05, 0) is 18.4 Å². The van der Waals surface area contributed by atoms with E-state index in [0.29, 0.717) is 0 Å². The van der Waals surface area contributed by atoms with E-state index in [1.54, 1.807) is 11.8 Å². The topological polar surface area (TPSA) is 43.6 Å². The number of nitrogens with zero attached hydrogens (tertiary/aromatic N) is 4. The summed E-state index contributed by atoms with van der Waals surface area (Å²) in [4.78, 5) is 9.19. The molecule has 0 saturated heterocycles. The molecule has 0 fully saturated rings. The maximum absolute atomic E-state index is 4.61. The number of rotatable bonds is 5. The number of hydrogen-bond donors (Lipinski definition) is 0. The van der Waals surface area contributed by atoms with Crippen LogP contribution in [0.2, 0.25) is 0 Å². The molecule has 2 aromatic heterocycles. The van der Waals surface area contributed by atoms with Gasteiger partial charge in [0.1, 0.15) is 5.03 Å². The molecule has 0 atom stereocenters. The molecule has 4 nitrogen and oxygen atoms in total. The quantitative estimate of drug-likeness (QED) is 0.310. The van der Waals surface area contributed by atoms with Gasteiger partial charge in [-0.2, -0.15) is 5.10 Å². The van der Waals surface area contributed by atoms with Crippen LogP contribution in [0.25, 0.3) is 16.7 Å². The Morgan fingerprint density at radius 1 is 1.24 bits per heavy atom. The average molecular weight is 314 g/mol. The molecule has 0 aliphatic heterocycles. The number of para-hydroxylation sites is 1. The standard InChI is InChI=1S/C15H14N4S2/c1-3-9-21-14-12-10-16-19(11-7-5-4-6-8-11)13(12)17-15(18-14)20-2/h3-8,10H,1,9H2,2H3. The van der Waals surface area contributed by atoms with Crippen LogP contribution in [0.15, 0.2) is 59.4 Å². The number of benzene rings is 1. The fraction of sp³-hybridized carbons (Fsp3) is 0.133. The number of thioether (sulfide) groups is 2. The number of fused-ring (bicyclic) bond motifs is 1. The zero-order chi connectivity index (χ0) is 14.7. The predicted octanol–water partition coefficient (Wildman–Crippen LogP) is 3.82. The molecule has 0 radical (unpaired) electrons. The molecule has 1 aromatic carbocycles. The average Bonchev–Trinajstić information content (AvgIpc) is 2.97. The highest BCUT2D eigenvalue weighted by Crippen LogP contribution is 2.28. The lowest BCUT2D eigenvalue weighted by molar-refractivity contribution is 0.864. The van der Waals surface area contributed by atoms with Gasteiger partial charge < -0.3 is 0 Å². The van der Waals surface area contributed by atoms with E-state index in [9.17, 15) is 0 Å².